The summed E-state index contributed by atoms with van der Waals surface area (Å²) < 4.78 is 1.11. The van der Waals surface area contributed by atoms with Gasteiger partial charge in [0.2, 0.25) is 0 Å². The molecule has 1 aliphatic heterocycles. The first-order valence-electron chi connectivity index (χ1n) is 9.14. The molecule has 0 radical (unpaired) electrons. The van der Waals surface area contributed by atoms with Gasteiger partial charge in [0.1, 0.15) is 5.54 Å². The molecule has 2 nitrogen and oxygen atoms in total. The third kappa shape index (κ3) is 2.69. The Labute approximate surface area is 177 Å². The van der Waals surface area contributed by atoms with Gasteiger partial charge >= 0.3 is 0 Å². The zero-order valence-electron chi connectivity index (χ0n) is 15.0. The fourth-order valence-corrected chi connectivity index (χ4v) is 5.08. The van der Waals surface area contributed by atoms with Crippen LogP contribution in [0.2, 0.25) is 0 Å². The standard InChI is InChI=1S/C25H16INO/c26-23-22(18-8-2-1-3-9-18)25(15-13-19(28)14-16-25)27-24(23)21-12-6-10-17-7-4-5-11-20(17)21/h1-16H. The van der Waals surface area contributed by atoms with E-state index in [4.69, 9.17) is 4.99 Å². The normalized spacial score (nSPS) is 17.6. The number of allylic oxidation sites excluding steroid dienone is 3. The highest BCUT2D eigenvalue weighted by Gasteiger charge is 2.40. The molecule has 0 saturated heterocycles. The highest BCUT2D eigenvalue weighted by Crippen LogP contribution is 2.46. The summed E-state index contributed by atoms with van der Waals surface area (Å²) in [4.78, 5) is 17.0. The van der Waals surface area contributed by atoms with Crippen molar-refractivity contribution in [3.05, 3.63) is 112 Å². The van der Waals surface area contributed by atoms with Crippen molar-refractivity contribution in [2.75, 3.05) is 0 Å². The first-order chi connectivity index (χ1) is 13.7. The number of aliphatic imine (C=N–C) groups is 1. The summed E-state index contributed by atoms with van der Waals surface area (Å²) >= 11 is 2.41. The van der Waals surface area contributed by atoms with Gasteiger partial charge in [-0.3, -0.25) is 9.79 Å². The topological polar surface area (TPSA) is 29.4 Å². The fraction of sp³-hybridized carbons (Fsp3) is 0.0400. The van der Waals surface area contributed by atoms with Crippen molar-refractivity contribution in [3.63, 3.8) is 0 Å². The largest absolute Gasteiger partial charge is 0.290 e. The lowest BCUT2D eigenvalue weighted by Gasteiger charge is -2.25. The average Bonchev–Trinajstić information content (AvgIpc) is 3.02. The van der Waals surface area contributed by atoms with Crippen LogP contribution in [0.25, 0.3) is 16.3 Å². The molecule has 0 bridgehead atoms. The predicted molar refractivity (Wildman–Crippen MR) is 124 cm³/mol. The van der Waals surface area contributed by atoms with Crippen molar-refractivity contribution in [1.82, 2.24) is 0 Å². The van der Waals surface area contributed by atoms with Crippen molar-refractivity contribution >= 4 is 50.4 Å². The summed E-state index contributed by atoms with van der Waals surface area (Å²) in [7, 11) is 0. The first kappa shape index (κ1) is 17.3. The van der Waals surface area contributed by atoms with Gasteiger partial charge in [-0.05, 0) is 63.2 Å². The number of rotatable bonds is 2. The van der Waals surface area contributed by atoms with Gasteiger partial charge in [0.15, 0.2) is 5.78 Å². The minimum atomic E-state index is -0.641. The number of fused-ring (bicyclic) bond motifs is 1. The zero-order valence-corrected chi connectivity index (χ0v) is 17.1. The molecule has 28 heavy (non-hydrogen) atoms. The summed E-state index contributed by atoms with van der Waals surface area (Å²) in [5.41, 5.74) is 3.69. The minimum absolute atomic E-state index is 0.00172. The van der Waals surface area contributed by atoms with Gasteiger partial charge in [-0.15, -0.1) is 0 Å². The monoisotopic (exact) mass is 473 g/mol. The number of nitrogens with zero attached hydrogens (tertiary/aromatic N) is 1. The van der Waals surface area contributed by atoms with Crippen LogP contribution in [0.5, 0.6) is 0 Å². The fourth-order valence-electron chi connectivity index (χ4n) is 3.93. The van der Waals surface area contributed by atoms with Crippen molar-refractivity contribution in [1.29, 1.82) is 0 Å². The van der Waals surface area contributed by atoms with E-state index < -0.39 is 5.54 Å². The molecule has 2 aliphatic rings. The predicted octanol–water partition coefficient (Wildman–Crippen LogP) is 5.92. The molecule has 0 atom stereocenters. The molecule has 3 aromatic carbocycles. The van der Waals surface area contributed by atoms with Gasteiger partial charge in [-0.1, -0.05) is 72.8 Å². The van der Waals surface area contributed by atoms with E-state index in [1.165, 1.54) is 10.8 Å². The Balaban J connectivity index is 1.79. The Hall–Kier alpha value is -2.79. The smallest absolute Gasteiger partial charge is 0.178 e. The highest BCUT2D eigenvalue weighted by molar-refractivity contribution is 14.1. The molecule has 3 heteroatoms. The van der Waals surface area contributed by atoms with Crippen LogP contribution in [0.3, 0.4) is 0 Å². The van der Waals surface area contributed by atoms with Gasteiger partial charge in [0.25, 0.3) is 0 Å². The zero-order chi connectivity index (χ0) is 19.1. The average molecular weight is 473 g/mol. The van der Waals surface area contributed by atoms with Crippen LogP contribution in [0, 0.1) is 0 Å². The summed E-state index contributed by atoms with van der Waals surface area (Å²) in [6, 6.07) is 25.0. The number of carbonyl (C=O) groups excluding carboxylic acids is 1. The lowest BCUT2D eigenvalue weighted by Crippen LogP contribution is -2.23. The minimum Gasteiger partial charge on any atom is -0.290 e. The van der Waals surface area contributed by atoms with Crippen molar-refractivity contribution < 1.29 is 4.79 Å². The van der Waals surface area contributed by atoms with Gasteiger partial charge in [-0.2, -0.15) is 0 Å². The SMILES string of the molecule is O=C1C=CC2(C=C1)N=C(c1cccc3ccccc13)C(I)=C2c1ccccc1. The van der Waals surface area contributed by atoms with E-state index in [0.717, 1.165) is 26.0 Å². The van der Waals surface area contributed by atoms with Crippen molar-refractivity contribution in [2.24, 2.45) is 4.99 Å². The van der Waals surface area contributed by atoms with Crippen molar-refractivity contribution in [2.45, 2.75) is 5.54 Å². The molecule has 0 unspecified atom stereocenters. The van der Waals surface area contributed by atoms with Crippen LogP contribution in [-0.2, 0) is 4.79 Å². The molecule has 1 heterocycles. The quantitative estimate of drug-likeness (QED) is 0.425. The molecule has 0 N–H and O–H groups in total. The molecule has 0 fully saturated rings. The van der Waals surface area contributed by atoms with E-state index in [-0.39, 0.29) is 5.78 Å². The highest BCUT2D eigenvalue weighted by atomic mass is 127. The number of benzene rings is 3. The number of hydrogen-bond donors (Lipinski definition) is 0. The van der Waals surface area contributed by atoms with Gasteiger partial charge in [0, 0.05) is 14.7 Å². The van der Waals surface area contributed by atoms with Crippen LogP contribution in [0.1, 0.15) is 11.1 Å². The van der Waals surface area contributed by atoms with Crippen LogP contribution in [0.4, 0.5) is 0 Å². The maximum Gasteiger partial charge on any atom is 0.178 e. The Morgan fingerprint density at radius 1 is 0.786 bits per heavy atom. The molecule has 0 amide bonds. The van der Waals surface area contributed by atoms with E-state index in [1.807, 2.05) is 30.4 Å². The molecule has 3 aromatic rings. The van der Waals surface area contributed by atoms with E-state index in [1.54, 1.807) is 12.2 Å². The maximum atomic E-state index is 11.8. The molecule has 5 rings (SSSR count). The summed E-state index contributed by atoms with van der Waals surface area (Å²) in [6.45, 7) is 0. The number of carbonyl (C=O) groups is 1. The Bertz CT molecular complexity index is 1210. The molecule has 134 valence electrons. The number of hydrogen-bond acceptors (Lipinski definition) is 2. The molecule has 0 saturated carbocycles. The summed E-state index contributed by atoms with van der Waals surface area (Å²) in [5, 5.41) is 2.38. The first-order valence-corrected chi connectivity index (χ1v) is 10.2. The molecule has 1 spiro atoms. The second-order valence-electron chi connectivity index (χ2n) is 6.94. The lowest BCUT2D eigenvalue weighted by molar-refractivity contribution is -0.110. The van der Waals surface area contributed by atoms with Crippen molar-refractivity contribution in [3.8, 4) is 0 Å². The second kappa shape index (κ2) is 6.67. The molecular weight excluding hydrogens is 457 g/mol. The Morgan fingerprint density at radius 2 is 1.46 bits per heavy atom. The second-order valence-corrected chi connectivity index (χ2v) is 8.02. The van der Waals surface area contributed by atoms with Crippen LogP contribution in [0.15, 0.2) is 106 Å². The maximum absolute atomic E-state index is 11.8. The molecule has 1 aliphatic carbocycles. The van der Waals surface area contributed by atoms with Crippen LogP contribution >= 0.6 is 22.6 Å². The van der Waals surface area contributed by atoms with Crippen LogP contribution < -0.4 is 0 Å². The lowest BCUT2D eigenvalue weighted by atomic mass is 9.83. The summed E-state index contributed by atoms with van der Waals surface area (Å²) in [5.74, 6) is 0.00172. The molecule has 0 aromatic heterocycles. The number of ketones is 1. The third-order valence-electron chi connectivity index (χ3n) is 5.24. The van der Waals surface area contributed by atoms with E-state index >= 15 is 0 Å². The van der Waals surface area contributed by atoms with E-state index in [2.05, 4.69) is 77.2 Å². The molecular formula is C25H16INO. The van der Waals surface area contributed by atoms with Crippen LogP contribution in [-0.4, -0.2) is 17.0 Å². The van der Waals surface area contributed by atoms with E-state index in [9.17, 15) is 4.79 Å². The van der Waals surface area contributed by atoms with Gasteiger partial charge in [-0.25, -0.2) is 0 Å². The van der Waals surface area contributed by atoms with Gasteiger partial charge < -0.3 is 0 Å². The van der Waals surface area contributed by atoms with E-state index in [0.29, 0.717) is 0 Å². The Kier molecular flexibility index (Phi) is 4.13. The Morgan fingerprint density at radius 3 is 2.25 bits per heavy atom. The number of halogens is 1. The summed E-state index contributed by atoms with van der Waals surface area (Å²) in [6.07, 6.45) is 7.10. The van der Waals surface area contributed by atoms with Gasteiger partial charge in [0.05, 0.1) is 5.71 Å². The third-order valence-corrected chi connectivity index (χ3v) is 6.29.